The van der Waals surface area contributed by atoms with Crippen LogP contribution in [-0.4, -0.2) is 24.0 Å². The van der Waals surface area contributed by atoms with Gasteiger partial charge in [-0.05, 0) is 25.1 Å². The number of Topliss-reactive ketones (excluding diaryl/α,β-unsaturated/α-hetero) is 1. The molecule has 1 rings (SSSR count). The Balaban J connectivity index is 0.00000106. The minimum absolute atomic E-state index is 0.0529. The Kier molecular flexibility index (Phi) is 5.85. The van der Waals surface area contributed by atoms with E-state index in [0.29, 0.717) is 0 Å². The fourth-order valence-corrected chi connectivity index (χ4v) is 1.11. The first-order chi connectivity index (χ1) is 7.56. The van der Waals surface area contributed by atoms with Crippen molar-refractivity contribution in [1.82, 2.24) is 0 Å². The summed E-state index contributed by atoms with van der Waals surface area (Å²) >= 11 is 0. The molecule has 0 aliphatic carbocycles. The number of hydrogen-bond acceptors (Lipinski definition) is 4. The molecule has 16 heavy (non-hydrogen) atoms. The SMILES string of the molecule is CC.COC(=O)c1ccc(O)cc1C(C)=O. The zero-order valence-corrected chi connectivity index (χ0v) is 9.90. The maximum absolute atomic E-state index is 11.2. The maximum atomic E-state index is 11.2. The largest absolute Gasteiger partial charge is 0.508 e. The van der Waals surface area contributed by atoms with Crippen molar-refractivity contribution in [2.75, 3.05) is 7.11 Å². The number of esters is 1. The molecule has 0 atom stereocenters. The van der Waals surface area contributed by atoms with E-state index in [4.69, 9.17) is 5.11 Å². The fourth-order valence-electron chi connectivity index (χ4n) is 1.11. The molecule has 0 heterocycles. The standard InChI is InChI=1S/C10H10O4.C2H6/c1-6(11)9-5-7(12)3-4-8(9)10(13)14-2;1-2/h3-5,12H,1-2H3;1-2H3. The third kappa shape index (κ3) is 3.38. The quantitative estimate of drug-likeness (QED) is 0.619. The highest BCUT2D eigenvalue weighted by atomic mass is 16.5. The molecule has 4 nitrogen and oxygen atoms in total. The fraction of sp³-hybridized carbons (Fsp3) is 0.333. The van der Waals surface area contributed by atoms with Crippen LogP contribution in [0.25, 0.3) is 0 Å². The van der Waals surface area contributed by atoms with Gasteiger partial charge in [-0.3, -0.25) is 4.79 Å². The molecule has 0 radical (unpaired) electrons. The molecule has 0 saturated carbocycles. The molecule has 0 bridgehead atoms. The van der Waals surface area contributed by atoms with E-state index in [1.807, 2.05) is 13.8 Å². The van der Waals surface area contributed by atoms with Gasteiger partial charge in [0.2, 0.25) is 0 Å². The van der Waals surface area contributed by atoms with E-state index in [0.717, 1.165) is 0 Å². The molecule has 0 aliphatic rings. The van der Waals surface area contributed by atoms with E-state index < -0.39 is 5.97 Å². The highest BCUT2D eigenvalue weighted by molar-refractivity contribution is 6.05. The zero-order chi connectivity index (χ0) is 12.7. The number of carbonyl (C=O) groups excluding carboxylic acids is 2. The van der Waals surface area contributed by atoms with Crippen LogP contribution in [0.1, 0.15) is 41.5 Å². The molecule has 4 heteroatoms. The molecule has 1 aromatic carbocycles. The van der Waals surface area contributed by atoms with Crippen LogP contribution >= 0.6 is 0 Å². The van der Waals surface area contributed by atoms with Crippen LogP contribution < -0.4 is 0 Å². The molecule has 0 unspecified atom stereocenters. The normalized spacial score (nSPS) is 8.75. The summed E-state index contributed by atoms with van der Waals surface area (Å²) in [6.07, 6.45) is 0. The van der Waals surface area contributed by atoms with Crippen LogP contribution in [0.5, 0.6) is 5.75 Å². The summed E-state index contributed by atoms with van der Waals surface area (Å²) < 4.78 is 4.49. The van der Waals surface area contributed by atoms with Crippen molar-refractivity contribution in [3.8, 4) is 5.75 Å². The lowest BCUT2D eigenvalue weighted by atomic mass is 10.0. The topological polar surface area (TPSA) is 63.6 Å². The van der Waals surface area contributed by atoms with Crippen LogP contribution in [0.15, 0.2) is 18.2 Å². The lowest BCUT2D eigenvalue weighted by molar-refractivity contribution is 0.0597. The van der Waals surface area contributed by atoms with Crippen molar-refractivity contribution in [2.45, 2.75) is 20.8 Å². The van der Waals surface area contributed by atoms with E-state index in [1.165, 1.54) is 32.2 Å². The molecule has 0 aromatic heterocycles. The number of phenolic OH excluding ortho intramolecular Hbond substituents is 1. The van der Waals surface area contributed by atoms with Gasteiger partial charge in [0.15, 0.2) is 5.78 Å². The van der Waals surface area contributed by atoms with E-state index in [1.54, 1.807) is 0 Å². The number of rotatable bonds is 2. The van der Waals surface area contributed by atoms with Gasteiger partial charge in [0.1, 0.15) is 5.75 Å². The molecule has 0 amide bonds. The Hall–Kier alpha value is -1.84. The maximum Gasteiger partial charge on any atom is 0.338 e. The van der Waals surface area contributed by atoms with Gasteiger partial charge in [-0.15, -0.1) is 0 Å². The van der Waals surface area contributed by atoms with Gasteiger partial charge in [-0.1, -0.05) is 13.8 Å². The zero-order valence-electron chi connectivity index (χ0n) is 9.90. The van der Waals surface area contributed by atoms with Crippen LogP contribution in [0.2, 0.25) is 0 Å². The Morgan fingerprint density at radius 3 is 2.19 bits per heavy atom. The van der Waals surface area contributed by atoms with Crippen molar-refractivity contribution in [1.29, 1.82) is 0 Å². The number of methoxy groups -OCH3 is 1. The second kappa shape index (κ2) is 6.61. The predicted octanol–water partition coefficient (Wildman–Crippen LogP) is 2.41. The van der Waals surface area contributed by atoms with Gasteiger partial charge >= 0.3 is 5.97 Å². The highest BCUT2D eigenvalue weighted by Crippen LogP contribution is 2.17. The lowest BCUT2D eigenvalue weighted by Gasteiger charge is -2.04. The van der Waals surface area contributed by atoms with Crippen LogP contribution in [0.3, 0.4) is 0 Å². The molecule has 88 valence electrons. The van der Waals surface area contributed by atoms with Crippen molar-refractivity contribution in [3.63, 3.8) is 0 Å². The van der Waals surface area contributed by atoms with Gasteiger partial charge in [-0.2, -0.15) is 0 Å². The first kappa shape index (κ1) is 14.2. The third-order valence-electron chi connectivity index (χ3n) is 1.79. The molecule has 1 aromatic rings. The molecule has 0 saturated heterocycles. The summed E-state index contributed by atoms with van der Waals surface area (Å²) in [5, 5.41) is 9.14. The highest BCUT2D eigenvalue weighted by Gasteiger charge is 2.15. The molecular weight excluding hydrogens is 208 g/mol. The second-order valence-corrected chi connectivity index (χ2v) is 2.78. The summed E-state index contributed by atoms with van der Waals surface area (Å²) in [5.74, 6) is -0.931. The van der Waals surface area contributed by atoms with Crippen molar-refractivity contribution < 1.29 is 19.4 Å². The monoisotopic (exact) mass is 224 g/mol. The van der Waals surface area contributed by atoms with Gasteiger partial charge < -0.3 is 9.84 Å². The van der Waals surface area contributed by atoms with E-state index in [-0.39, 0.29) is 22.7 Å². The number of ether oxygens (including phenoxy) is 1. The Labute approximate surface area is 94.9 Å². The van der Waals surface area contributed by atoms with Gasteiger partial charge in [-0.25, -0.2) is 4.79 Å². The minimum atomic E-state index is -0.588. The average molecular weight is 224 g/mol. The van der Waals surface area contributed by atoms with Gasteiger partial charge in [0, 0.05) is 5.56 Å². The number of benzene rings is 1. The molecule has 1 N–H and O–H groups in total. The minimum Gasteiger partial charge on any atom is -0.508 e. The van der Waals surface area contributed by atoms with Crippen LogP contribution in [-0.2, 0) is 4.74 Å². The average Bonchev–Trinajstić information content (AvgIpc) is 2.30. The van der Waals surface area contributed by atoms with Gasteiger partial charge in [0.05, 0.1) is 12.7 Å². The van der Waals surface area contributed by atoms with E-state index >= 15 is 0 Å². The van der Waals surface area contributed by atoms with Crippen molar-refractivity contribution >= 4 is 11.8 Å². The Morgan fingerprint density at radius 1 is 1.19 bits per heavy atom. The van der Waals surface area contributed by atoms with E-state index in [2.05, 4.69) is 4.74 Å². The first-order valence-corrected chi connectivity index (χ1v) is 4.98. The lowest BCUT2D eigenvalue weighted by Crippen LogP contribution is -2.08. The summed E-state index contributed by atoms with van der Waals surface area (Å²) in [6, 6.07) is 3.94. The van der Waals surface area contributed by atoms with Crippen molar-refractivity contribution in [2.24, 2.45) is 0 Å². The third-order valence-corrected chi connectivity index (χ3v) is 1.79. The Bertz CT molecular complexity index is 383. The first-order valence-electron chi connectivity index (χ1n) is 4.98. The van der Waals surface area contributed by atoms with E-state index in [9.17, 15) is 9.59 Å². The summed E-state index contributed by atoms with van der Waals surface area (Å²) in [6.45, 7) is 5.32. The second-order valence-electron chi connectivity index (χ2n) is 2.78. The number of carbonyl (C=O) groups is 2. The van der Waals surface area contributed by atoms with Gasteiger partial charge in [0.25, 0.3) is 0 Å². The van der Waals surface area contributed by atoms with Crippen molar-refractivity contribution in [3.05, 3.63) is 29.3 Å². The summed E-state index contributed by atoms with van der Waals surface area (Å²) in [7, 11) is 1.24. The summed E-state index contributed by atoms with van der Waals surface area (Å²) in [5.41, 5.74) is 0.328. The Morgan fingerprint density at radius 2 is 1.75 bits per heavy atom. The smallest absolute Gasteiger partial charge is 0.338 e. The number of phenols is 1. The molecule has 0 fully saturated rings. The number of ketones is 1. The molecule has 0 spiro atoms. The van der Waals surface area contributed by atoms with Crippen LogP contribution in [0, 0.1) is 0 Å². The number of aromatic hydroxyl groups is 1. The number of hydrogen-bond donors (Lipinski definition) is 1. The van der Waals surface area contributed by atoms with Crippen LogP contribution in [0.4, 0.5) is 0 Å². The summed E-state index contributed by atoms with van der Waals surface area (Å²) in [4.78, 5) is 22.3. The molecular formula is C12H16O4. The predicted molar refractivity (Wildman–Crippen MR) is 60.8 cm³/mol. The molecule has 0 aliphatic heterocycles.